The Morgan fingerprint density at radius 1 is 1.25 bits per heavy atom. The predicted molar refractivity (Wildman–Crippen MR) is 106 cm³/mol. The van der Waals surface area contributed by atoms with E-state index in [4.69, 9.17) is 4.42 Å². The summed E-state index contributed by atoms with van der Waals surface area (Å²) < 4.78 is 28.7. The van der Waals surface area contributed by atoms with Crippen molar-refractivity contribution >= 4 is 27.5 Å². The summed E-state index contributed by atoms with van der Waals surface area (Å²) in [6, 6.07) is 8.30. The number of aromatic nitrogens is 2. The number of nitrogens with one attached hydrogen (secondary N) is 1. The molecule has 2 aromatic rings. The van der Waals surface area contributed by atoms with E-state index in [1.165, 1.54) is 22.9 Å². The van der Waals surface area contributed by atoms with E-state index in [1.54, 1.807) is 0 Å². The van der Waals surface area contributed by atoms with Gasteiger partial charge in [0.1, 0.15) is 0 Å². The van der Waals surface area contributed by atoms with Gasteiger partial charge in [-0.15, -0.1) is 10.2 Å². The molecule has 28 heavy (non-hydrogen) atoms. The van der Waals surface area contributed by atoms with Crippen LogP contribution in [0.4, 0.5) is 0 Å². The molecular formula is C19H23N3O4S2. The highest BCUT2D eigenvalue weighted by molar-refractivity contribution is 7.99. The number of fused-ring (bicyclic) bond motifs is 1. The molecular weight excluding hydrogens is 398 g/mol. The van der Waals surface area contributed by atoms with Gasteiger partial charge in [0.15, 0.2) is 9.84 Å². The van der Waals surface area contributed by atoms with Gasteiger partial charge in [-0.3, -0.25) is 4.79 Å². The van der Waals surface area contributed by atoms with Crippen molar-refractivity contribution in [2.45, 2.75) is 43.4 Å². The van der Waals surface area contributed by atoms with Crippen LogP contribution < -0.4 is 5.32 Å². The molecule has 0 unspecified atom stereocenters. The van der Waals surface area contributed by atoms with Gasteiger partial charge in [0.05, 0.1) is 23.3 Å². The van der Waals surface area contributed by atoms with Gasteiger partial charge in [0.25, 0.3) is 5.22 Å². The Kier molecular flexibility index (Phi) is 5.73. The number of thioether (sulfide) groups is 1. The van der Waals surface area contributed by atoms with Crippen molar-refractivity contribution in [3.8, 4) is 0 Å². The Morgan fingerprint density at radius 3 is 2.93 bits per heavy atom. The van der Waals surface area contributed by atoms with E-state index in [2.05, 4.69) is 27.6 Å². The molecule has 1 aromatic carbocycles. The third kappa shape index (κ3) is 4.75. The minimum Gasteiger partial charge on any atom is -0.416 e. The summed E-state index contributed by atoms with van der Waals surface area (Å²) in [5.41, 5.74) is 2.51. The lowest BCUT2D eigenvalue weighted by Crippen LogP contribution is -2.32. The van der Waals surface area contributed by atoms with Crippen LogP contribution in [0.1, 0.15) is 42.3 Å². The van der Waals surface area contributed by atoms with Crippen LogP contribution in [0.15, 0.2) is 33.9 Å². The SMILES string of the molecule is O=C(CSc1nnc(C[C@H]2CCS(=O)(=O)C2)o1)N[C@@H]1CCCc2ccccc21. The van der Waals surface area contributed by atoms with Crippen LogP contribution in [0.5, 0.6) is 0 Å². The molecule has 1 saturated heterocycles. The first kappa shape index (κ1) is 19.4. The van der Waals surface area contributed by atoms with Gasteiger partial charge < -0.3 is 9.73 Å². The smallest absolute Gasteiger partial charge is 0.277 e. The minimum atomic E-state index is -2.91. The fourth-order valence-electron chi connectivity index (χ4n) is 3.93. The van der Waals surface area contributed by atoms with E-state index in [-0.39, 0.29) is 35.1 Å². The van der Waals surface area contributed by atoms with Gasteiger partial charge in [0.2, 0.25) is 11.8 Å². The van der Waals surface area contributed by atoms with E-state index in [1.807, 2.05) is 12.1 Å². The predicted octanol–water partition coefficient (Wildman–Crippen LogP) is 2.33. The number of rotatable bonds is 6. The lowest BCUT2D eigenvalue weighted by molar-refractivity contribution is -0.119. The van der Waals surface area contributed by atoms with E-state index >= 15 is 0 Å². The molecule has 1 fully saturated rings. The number of hydrogen-bond acceptors (Lipinski definition) is 7. The molecule has 2 heterocycles. The second-order valence-electron chi connectivity index (χ2n) is 7.43. The van der Waals surface area contributed by atoms with Crippen LogP contribution in [0.25, 0.3) is 0 Å². The van der Waals surface area contributed by atoms with E-state index in [9.17, 15) is 13.2 Å². The Morgan fingerprint density at radius 2 is 2.11 bits per heavy atom. The molecule has 1 N–H and O–H groups in total. The summed E-state index contributed by atoms with van der Waals surface area (Å²) in [4.78, 5) is 12.4. The van der Waals surface area contributed by atoms with Gasteiger partial charge in [-0.2, -0.15) is 0 Å². The van der Waals surface area contributed by atoms with Crippen molar-refractivity contribution in [1.29, 1.82) is 0 Å². The Labute approximate surface area is 168 Å². The highest BCUT2D eigenvalue weighted by atomic mass is 32.2. The largest absolute Gasteiger partial charge is 0.416 e. The quantitative estimate of drug-likeness (QED) is 0.714. The second-order valence-corrected chi connectivity index (χ2v) is 10.6. The topological polar surface area (TPSA) is 102 Å². The molecule has 1 aliphatic carbocycles. The zero-order valence-corrected chi connectivity index (χ0v) is 17.1. The molecule has 1 aliphatic heterocycles. The van der Waals surface area contributed by atoms with Crippen LogP contribution in [-0.4, -0.2) is 41.8 Å². The number of carbonyl (C=O) groups excluding carboxylic acids is 1. The lowest BCUT2D eigenvalue weighted by Gasteiger charge is -2.26. The zero-order chi connectivity index (χ0) is 19.6. The molecule has 0 bridgehead atoms. The van der Waals surface area contributed by atoms with Crippen molar-refractivity contribution in [2.75, 3.05) is 17.3 Å². The maximum Gasteiger partial charge on any atom is 0.277 e. The number of nitrogens with zero attached hydrogens (tertiary/aromatic N) is 2. The third-order valence-corrected chi connectivity index (χ3v) is 7.93. The molecule has 1 amide bonds. The molecule has 0 radical (unpaired) electrons. The molecule has 1 aromatic heterocycles. The molecule has 0 spiro atoms. The molecule has 0 saturated carbocycles. The zero-order valence-electron chi connectivity index (χ0n) is 15.5. The summed E-state index contributed by atoms with van der Waals surface area (Å²) >= 11 is 1.21. The minimum absolute atomic E-state index is 0.0398. The summed E-state index contributed by atoms with van der Waals surface area (Å²) in [5.74, 6) is 1.04. The number of aryl methyl sites for hydroxylation is 1. The van der Waals surface area contributed by atoms with Crippen LogP contribution >= 0.6 is 11.8 Å². The maximum atomic E-state index is 12.4. The van der Waals surface area contributed by atoms with Crippen LogP contribution in [-0.2, 0) is 27.5 Å². The van der Waals surface area contributed by atoms with Gasteiger partial charge in [0, 0.05) is 6.42 Å². The molecule has 9 heteroatoms. The number of carbonyl (C=O) groups is 1. The Bertz CT molecular complexity index is 958. The highest BCUT2D eigenvalue weighted by Gasteiger charge is 2.29. The molecule has 150 valence electrons. The molecule has 2 aliphatic rings. The van der Waals surface area contributed by atoms with Gasteiger partial charge in [-0.05, 0) is 42.7 Å². The standard InChI is InChI=1S/C19H23N3O4S2/c23-17(20-16-7-3-5-14-4-1-2-6-15(14)16)11-27-19-22-21-18(26-19)10-13-8-9-28(24,25)12-13/h1-2,4,6,13,16H,3,5,7-12H2,(H,20,23)/t13-,16-/m1/s1. The number of sulfone groups is 1. The van der Waals surface area contributed by atoms with Crippen LogP contribution in [0.2, 0.25) is 0 Å². The van der Waals surface area contributed by atoms with E-state index in [0.717, 1.165) is 19.3 Å². The van der Waals surface area contributed by atoms with Gasteiger partial charge in [-0.1, -0.05) is 36.0 Å². The van der Waals surface area contributed by atoms with Crippen molar-refractivity contribution in [3.05, 3.63) is 41.3 Å². The van der Waals surface area contributed by atoms with E-state index in [0.29, 0.717) is 24.0 Å². The van der Waals surface area contributed by atoms with Crippen LogP contribution in [0, 0.1) is 5.92 Å². The summed E-state index contributed by atoms with van der Waals surface area (Å²) in [7, 11) is -2.91. The number of benzene rings is 1. The normalized spacial score (nSPS) is 23.3. The first-order valence-corrected chi connectivity index (χ1v) is 12.3. The number of amides is 1. The first-order chi connectivity index (χ1) is 13.5. The average molecular weight is 422 g/mol. The first-order valence-electron chi connectivity index (χ1n) is 9.51. The Hall–Kier alpha value is -1.87. The fourth-order valence-corrected chi connectivity index (χ4v) is 6.38. The van der Waals surface area contributed by atoms with Crippen molar-refractivity contribution in [1.82, 2.24) is 15.5 Å². The summed E-state index contributed by atoms with van der Waals surface area (Å²) in [5, 5.41) is 11.4. The highest BCUT2D eigenvalue weighted by Crippen LogP contribution is 2.29. The Balaban J connectivity index is 1.27. The molecule has 7 nitrogen and oxygen atoms in total. The third-order valence-electron chi connectivity index (χ3n) is 5.27. The van der Waals surface area contributed by atoms with Gasteiger partial charge >= 0.3 is 0 Å². The lowest BCUT2D eigenvalue weighted by atomic mass is 9.88. The second kappa shape index (κ2) is 8.24. The monoisotopic (exact) mass is 421 g/mol. The fraction of sp³-hybridized carbons (Fsp3) is 0.526. The maximum absolute atomic E-state index is 12.4. The molecule has 4 rings (SSSR count). The van der Waals surface area contributed by atoms with Gasteiger partial charge in [-0.25, -0.2) is 8.42 Å². The summed E-state index contributed by atoms with van der Waals surface area (Å²) in [6.45, 7) is 0. The number of hydrogen-bond donors (Lipinski definition) is 1. The van der Waals surface area contributed by atoms with Crippen molar-refractivity contribution < 1.29 is 17.6 Å². The average Bonchev–Trinajstić information content (AvgIpc) is 3.26. The van der Waals surface area contributed by atoms with E-state index < -0.39 is 9.84 Å². The molecule has 2 atom stereocenters. The van der Waals surface area contributed by atoms with Crippen LogP contribution in [0.3, 0.4) is 0 Å². The van der Waals surface area contributed by atoms with Crippen molar-refractivity contribution in [2.24, 2.45) is 5.92 Å². The summed E-state index contributed by atoms with van der Waals surface area (Å²) in [6.07, 6.45) is 4.18. The van der Waals surface area contributed by atoms with Crippen molar-refractivity contribution in [3.63, 3.8) is 0 Å².